The second-order valence-electron chi connectivity index (χ2n) is 6.92. The van der Waals surface area contributed by atoms with Crippen LogP contribution in [-0.4, -0.2) is 49.0 Å². The number of carbonyl (C=O) groups is 3. The van der Waals surface area contributed by atoms with Gasteiger partial charge in [0.2, 0.25) is 15.9 Å². The van der Waals surface area contributed by atoms with Crippen LogP contribution in [0.15, 0.2) is 34.7 Å². The van der Waals surface area contributed by atoms with Gasteiger partial charge in [-0.15, -0.1) is 0 Å². The SMILES string of the molecule is CS(=O)(=O)Nc1ccc(C(=O)CN2C(=O)SC(=C3CCC(F)(F)CC3)C2=O)cc1. The molecule has 1 saturated heterocycles. The van der Waals surface area contributed by atoms with Crippen LogP contribution < -0.4 is 4.72 Å². The molecular formula is C18H18F2N2O5S2. The topological polar surface area (TPSA) is 101 Å². The summed E-state index contributed by atoms with van der Waals surface area (Å²) in [7, 11) is -3.45. The Morgan fingerprint density at radius 1 is 1.17 bits per heavy atom. The number of hydrogen-bond donors (Lipinski definition) is 1. The average Bonchev–Trinajstić information content (AvgIpc) is 2.89. The van der Waals surface area contributed by atoms with Gasteiger partial charge in [0, 0.05) is 24.1 Å². The standard InChI is InChI=1S/C18H18F2N2O5S2/c1-29(26,27)21-13-4-2-11(3-5-13)14(23)10-22-16(24)15(28-17(22)25)12-6-8-18(19,20)9-7-12/h2-5,21H,6-10H2,1H3. The van der Waals surface area contributed by atoms with Gasteiger partial charge in [0.25, 0.3) is 11.1 Å². The lowest BCUT2D eigenvalue weighted by molar-refractivity contribution is -0.122. The van der Waals surface area contributed by atoms with E-state index >= 15 is 0 Å². The Bertz CT molecular complexity index is 992. The van der Waals surface area contributed by atoms with E-state index in [-0.39, 0.29) is 41.8 Å². The number of anilines is 1. The van der Waals surface area contributed by atoms with Crippen molar-refractivity contribution in [2.24, 2.45) is 0 Å². The summed E-state index contributed by atoms with van der Waals surface area (Å²) in [5.41, 5.74) is 1.01. The molecule has 3 rings (SSSR count). The quantitative estimate of drug-likeness (QED) is 0.552. The number of amides is 2. The lowest BCUT2D eigenvalue weighted by Crippen LogP contribution is -2.34. The Labute approximate surface area is 170 Å². The molecule has 1 saturated carbocycles. The number of nitrogens with zero attached hydrogens (tertiary/aromatic N) is 1. The van der Waals surface area contributed by atoms with Crippen molar-refractivity contribution in [3.63, 3.8) is 0 Å². The number of carbonyl (C=O) groups excluding carboxylic acids is 3. The number of ketones is 1. The molecule has 0 aromatic heterocycles. The van der Waals surface area contributed by atoms with Crippen molar-refractivity contribution in [3.05, 3.63) is 40.3 Å². The average molecular weight is 444 g/mol. The number of halogens is 2. The molecule has 1 aliphatic heterocycles. The number of rotatable bonds is 5. The Hall–Kier alpha value is -2.27. The molecule has 0 atom stereocenters. The van der Waals surface area contributed by atoms with Crippen molar-refractivity contribution in [2.45, 2.75) is 31.6 Å². The van der Waals surface area contributed by atoms with Crippen LogP contribution in [0.4, 0.5) is 19.3 Å². The number of sulfonamides is 1. The summed E-state index contributed by atoms with van der Waals surface area (Å²) >= 11 is 0.678. The summed E-state index contributed by atoms with van der Waals surface area (Å²) < 4.78 is 51.3. The molecule has 1 aliphatic carbocycles. The van der Waals surface area contributed by atoms with Crippen molar-refractivity contribution in [1.29, 1.82) is 0 Å². The van der Waals surface area contributed by atoms with Crippen molar-refractivity contribution in [2.75, 3.05) is 17.5 Å². The van der Waals surface area contributed by atoms with Crippen LogP contribution in [0, 0.1) is 0 Å². The van der Waals surface area contributed by atoms with Crippen LogP contribution >= 0.6 is 11.8 Å². The highest BCUT2D eigenvalue weighted by Gasteiger charge is 2.41. The molecule has 1 N–H and O–H groups in total. The zero-order valence-corrected chi connectivity index (χ0v) is 17.0. The van der Waals surface area contributed by atoms with Crippen molar-refractivity contribution < 1.29 is 31.6 Å². The smallest absolute Gasteiger partial charge is 0.292 e. The summed E-state index contributed by atoms with van der Waals surface area (Å²) in [5.74, 6) is -3.89. The van der Waals surface area contributed by atoms with Gasteiger partial charge in [-0.25, -0.2) is 17.2 Å². The molecule has 2 fully saturated rings. The maximum atomic E-state index is 13.3. The zero-order chi connectivity index (χ0) is 21.4. The van der Waals surface area contributed by atoms with E-state index in [1.54, 1.807) is 0 Å². The van der Waals surface area contributed by atoms with E-state index in [1.165, 1.54) is 24.3 Å². The normalized spacial score (nSPS) is 19.6. The maximum Gasteiger partial charge on any atom is 0.293 e. The highest BCUT2D eigenvalue weighted by atomic mass is 32.2. The number of Topliss-reactive ketones (excluding diaryl/α,β-unsaturated/α-hetero) is 1. The molecule has 0 bridgehead atoms. The number of nitrogens with one attached hydrogen (secondary N) is 1. The number of thioether (sulfide) groups is 1. The molecule has 1 aromatic carbocycles. The van der Waals surface area contributed by atoms with E-state index in [0.29, 0.717) is 17.3 Å². The Balaban J connectivity index is 1.69. The largest absolute Gasteiger partial charge is 0.293 e. The van der Waals surface area contributed by atoms with E-state index in [4.69, 9.17) is 0 Å². The van der Waals surface area contributed by atoms with E-state index in [2.05, 4.69) is 4.72 Å². The van der Waals surface area contributed by atoms with Gasteiger partial charge in [-0.2, -0.15) is 0 Å². The van der Waals surface area contributed by atoms with Gasteiger partial charge in [-0.1, -0.05) is 5.57 Å². The first-order chi connectivity index (χ1) is 13.5. The lowest BCUT2D eigenvalue weighted by atomic mass is 9.91. The molecule has 156 valence electrons. The van der Waals surface area contributed by atoms with Crippen molar-refractivity contribution >= 4 is 44.4 Å². The number of allylic oxidation sites excluding steroid dienone is 1. The predicted molar refractivity (Wildman–Crippen MR) is 104 cm³/mol. The fraction of sp³-hybridized carbons (Fsp3) is 0.389. The van der Waals surface area contributed by atoms with Crippen LogP contribution in [0.25, 0.3) is 0 Å². The first kappa shape index (κ1) is 21.4. The van der Waals surface area contributed by atoms with Gasteiger partial charge in [-0.05, 0) is 48.9 Å². The minimum Gasteiger partial charge on any atom is -0.292 e. The molecule has 7 nitrogen and oxygen atoms in total. The molecule has 1 heterocycles. The second-order valence-corrected chi connectivity index (χ2v) is 9.63. The highest BCUT2D eigenvalue weighted by molar-refractivity contribution is 8.18. The van der Waals surface area contributed by atoms with Gasteiger partial charge in [0.05, 0.1) is 17.7 Å². The Morgan fingerprint density at radius 3 is 2.31 bits per heavy atom. The molecule has 11 heteroatoms. The van der Waals surface area contributed by atoms with Gasteiger partial charge in [-0.3, -0.25) is 24.0 Å². The molecule has 29 heavy (non-hydrogen) atoms. The van der Waals surface area contributed by atoms with Crippen LogP contribution in [0.5, 0.6) is 0 Å². The van der Waals surface area contributed by atoms with Gasteiger partial charge in [0.1, 0.15) is 0 Å². The number of benzene rings is 1. The summed E-state index contributed by atoms with van der Waals surface area (Å²) in [5, 5.41) is -0.612. The van der Waals surface area contributed by atoms with Crippen LogP contribution in [0.1, 0.15) is 36.0 Å². The third-order valence-electron chi connectivity index (χ3n) is 4.57. The van der Waals surface area contributed by atoms with E-state index < -0.39 is 39.4 Å². The Morgan fingerprint density at radius 2 is 1.76 bits per heavy atom. The number of imide groups is 1. The van der Waals surface area contributed by atoms with Crippen LogP contribution in [0.2, 0.25) is 0 Å². The zero-order valence-electron chi connectivity index (χ0n) is 15.4. The first-order valence-corrected chi connectivity index (χ1v) is 11.4. The minimum atomic E-state index is -3.45. The van der Waals surface area contributed by atoms with Gasteiger partial charge < -0.3 is 0 Å². The number of alkyl halides is 2. The summed E-state index contributed by atoms with van der Waals surface area (Å²) in [6.07, 6.45) is 0.366. The number of hydrogen-bond acceptors (Lipinski definition) is 6. The molecule has 2 aliphatic rings. The predicted octanol–water partition coefficient (Wildman–Crippen LogP) is 3.40. The second kappa shape index (κ2) is 7.86. The third kappa shape index (κ3) is 5.21. The lowest BCUT2D eigenvalue weighted by Gasteiger charge is -2.24. The third-order valence-corrected chi connectivity index (χ3v) is 6.24. The maximum absolute atomic E-state index is 13.3. The van der Waals surface area contributed by atoms with Crippen molar-refractivity contribution in [3.8, 4) is 0 Å². The highest BCUT2D eigenvalue weighted by Crippen LogP contribution is 2.42. The van der Waals surface area contributed by atoms with E-state index in [9.17, 15) is 31.6 Å². The summed E-state index contributed by atoms with van der Waals surface area (Å²) in [4.78, 5) is 38.2. The molecule has 0 spiro atoms. The van der Waals surface area contributed by atoms with Crippen LogP contribution in [0.3, 0.4) is 0 Å². The molecule has 0 unspecified atom stereocenters. The molecule has 0 radical (unpaired) electrons. The van der Waals surface area contributed by atoms with Gasteiger partial charge in [0.15, 0.2) is 5.78 Å². The van der Waals surface area contributed by atoms with Crippen LogP contribution in [-0.2, 0) is 14.8 Å². The molecule has 1 aromatic rings. The molecule has 2 amide bonds. The summed E-state index contributed by atoms with van der Waals surface area (Å²) in [6.45, 7) is -0.476. The first-order valence-electron chi connectivity index (χ1n) is 8.70. The van der Waals surface area contributed by atoms with Crippen molar-refractivity contribution in [1.82, 2.24) is 4.90 Å². The Kier molecular flexibility index (Phi) is 5.81. The fourth-order valence-electron chi connectivity index (χ4n) is 3.07. The summed E-state index contributed by atoms with van der Waals surface area (Å²) in [6, 6.07) is 5.56. The molecular weight excluding hydrogens is 426 g/mol. The monoisotopic (exact) mass is 444 g/mol. The van der Waals surface area contributed by atoms with Gasteiger partial charge >= 0.3 is 0 Å². The van der Waals surface area contributed by atoms with E-state index in [0.717, 1.165) is 11.2 Å². The van der Waals surface area contributed by atoms with E-state index in [1.807, 2.05) is 0 Å². The fourth-order valence-corrected chi connectivity index (χ4v) is 4.61. The minimum absolute atomic E-state index is 0.0466.